The van der Waals surface area contributed by atoms with Gasteiger partial charge in [0.05, 0.1) is 0 Å². The first-order valence-corrected chi connectivity index (χ1v) is 7.36. The van der Waals surface area contributed by atoms with E-state index in [2.05, 4.69) is 73.8 Å². The van der Waals surface area contributed by atoms with Crippen molar-refractivity contribution in [2.75, 3.05) is 0 Å². The maximum absolute atomic E-state index is 4.30. The van der Waals surface area contributed by atoms with Crippen molar-refractivity contribution in [3.8, 4) is 11.1 Å². The molecule has 0 amide bonds. The van der Waals surface area contributed by atoms with Gasteiger partial charge in [-0.3, -0.25) is 0 Å². The Morgan fingerprint density at radius 3 is 2.05 bits per heavy atom. The molecule has 0 heteroatoms. The monoisotopic (exact) mass is 282 g/mol. The first-order chi connectivity index (χ1) is 10.8. The van der Waals surface area contributed by atoms with Crippen LogP contribution in [0.2, 0.25) is 0 Å². The molecular weight excluding hydrogens is 264 g/mol. The molecule has 0 aliphatic rings. The summed E-state index contributed by atoms with van der Waals surface area (Å²) in [6.07, 6.45) is 1.86. The Balaban J connectivity index is 2.06. The predicted octanol–water partition coefficient (Wildman–Crippen LogP) is 6.06. The molecule has 0 N–H and O–H groups in total. The normalized spacial score (nSPS) is 10.2. The highest BCUT2D eigenvalue weighted by Crippen LogP contribution is 2.31. The Labute approximate surface area is 132 Å². The SMILES string of the molecule is C=Cc1ccc(-c2ccccc2C(=C)c2ccccc2)cc1. The van der Waals surface area contributed by atoms with Gasteiger partial charge in [-0.2, -0.15) is 0 Å². The molecule has 0 unspecified atom stereocenters. The van der Waals surface area contributed by atoms with E-state index in [-0.39, 0.29) is 0 Å². The minimum Gasteiger partial charge on any atom is -0.0985 e. The van der Waals surface area contributed by atoms with Gasteiger partial charge in [0.2, 0.25) is 0 Å². The molecule has 0 heterocycles. The van der Waals surface area contributed by atoms with Crippen molar-refractivity contribution in [1.29, 1.82) is 0 Å². The van der Waals surface area contributed by atoms with Gasteiger partial charge in [-0.05, 0) is 33.4 Å². The summed E-state index contributed by atoms with van der Waals surface area (Å²) < 4.78 is 0. The number of hydrogen-bond acceptors (Lipinski definition) is 0. The number of hydrogen-bond donors (Lipinski definition) is 0. The molecule has 0 nitrogen and oxygen atoms in total. The van der Waals surface area contributed by atoms with Gasteiger partial charge < -0.3 is 0 Å². The highest BCUT2D eigenvalue weighted by Gasteiger charge is 2.09. The molecule has 0 saturated heterocycles. The minimum atomic E-state index is 1.05. The summed E-state index contributed by atoms with van der Waals surface area (Å²) in [7, 11) is 0. The zero-order valence-corrected chi connectivity index (χ0v) is 12.5. The second-order valence-corrected chi connectivity index (χ2v) is 5.22. The van der Waals surface area contributed by atoms with Crippen molar-refractivity contribution in [3.63, 3.8) is 0 Å². The average molecular weight is 282 g/mol. The zero-order chi connectivity index (χ0) is 15.4. The first kappa shape index (κ1) is 14.1. The van der Waals surface area contributed by atoms with Crippen LogP contribution in [0.4, 0.5) is 0 Å². The second-order valence-electron chi connectivity index (χ2n) is 5.22. The van der Waals surface area contributed by atoms with Gasteiger partial charge in [0, 0.05) is 0 Å². The van der Waals surface area contributed by atoms with Crippen molar-refractivity contribution in [1.82, 2.24) is 0 Å². The highest BCUT2D eigenvalue weighted by atomic mass is 14.1. The molecule has 106 valence electrons. The van der Waals surface area contributed by atoms with Crippen LogP contribution in [0.25, 0.3) is 22.8 Å². The lowest BCUT2D eigenvalue weighted by atomic mass is 9.91. The van der Waals surface area contributed by atoms with Crippen LogP contribution >= 0.6 is 0 Å². The van der Waals surface area contributed by atoms with Crippen LogP contribution in [0.15, 0.2) is 92.0 Å². The molecule has 3 rings (SSSR count). The maximum atomic E-state index is 4.30. The second kappa shape index (κ2) is 6.28. The molecule has 0 saturated carbocycles. The summed E-state index contributed by atoms with van der Waals surface area (Å²) in [6.45, 7) is 8.10. The Kier molecular flexibility index (Phi) is 4.02. The fraction of sp³-hybridized carbons (Fsp3) is 0. The van der Waals surface area contributed by atoms with Crippen LogP contribution < -0.4 is 0 Å². The number of benzene rings is 3. The molecule has 3 aromatic carbocycles. The van der Waals surface area contributed by atoms with E-state index in [0.29, 0.717) is 0 Å². The van der Waals surface area contributed by atoms with E-state index >= 15 is 0 Å². The van der Waals surface area contributed by atoms with E-state index in [9.17, 15) is 0 Å². The lowest BCUT2D eigenvalue weighted by Crippen LogP contribution is -1.90. The summed E-state index contributed by atoms with van der Waals surface area (Å²) >= 11 is 0. The fourth-order valence-electron chi connectivity index (χ4n) is 2.59. The molecule has 3 aromatic rings. The predicted molar refractivity (Wildman–Crippen MR) is 96.5 cm³/mol. The third kappa shape index (κ3) is 2.77. The van der Waals surface area contributed by atoms with Crippen LogP contribution in [0.1, 0.15) is 16.7 Å². The maximum Gasteiger partial charge on any atom is -0.0105 e. The summed E-state index contributed by atoms with van der Waals surface area (Å²) in [5.74, 6) is 0. The molecule has 0 atom stereocenters. The van der Waals surface area contributed by atoms with Crippen molar-refractivity contribution < 1.29 is 0 Å². The molecular formula is C22H18. The molecule has 0 aliphatic heterocycles. The van der Waals surface area contributed by atoms with Gasteiger partial charge in [-0.1, -0.05) is 98.1 Å². The Morgan fingerprint density at radius 1 is 0.727 bits per heavy atom. The van der Waals surface area contributed by atoms with Crippen LogP contribution in [0.5, 0.6) is 0 Å². The minimum absolute atomic E-state index is 1.05. The quantitative estimate of drug-likeness (QED) is 0.545. The van der Waals surface area contributed by atoms with Crippen molar-refractivity contribution in [2.45, 2.75) is 0 Å². The third-order valence-corrected chi connectivity index (χ3v) is 3.83. The third-order valence-electron chi connectivity index (χ3n) is 3.83. The lowest BCUT2D eigenvalue weighted by molar-refractivity contribution is 1.53. The largest absolute Gasteiger partial charge is 0.0985 e. The van der Waals surface area contributed by atoms with E-state index in [1.54, 1.807) is 0 Å². The summed E-state index contributed by atoms with van der Waals surface area (Å²) in [4.78, 5) is 0. The molecule has 0 spiro atoms. The summed E-state index contributed by atoms with van der Waals surface area (Å²) in [6, 6.07) is 27.2. The molecule has 0 bridgehead atoms. The summed E-state index contributed by atoms with van der Waals surface area (Å²) in [5, 5.41) is 0. The van der Waals surface area contributed by atoms with E-state index in [4.69, 9.17) is 0 Å². The Hall–Kier alpha value is -2.86. The van der Waals surface area contributed by atoms with Crippen molar-refractivity contribution in [3.05, 3.63) is 109 Å². The molecule has 22 heavy (non-hydrogen) atoms. The van der Waals surface area contributed by atoms with E-state index in [1.165, 1.54) is 16.7 Å². The number of rotatable bonds is 4. The fourth-order valence-corrected chi connectivity index (χ4v) is 2.59. The van der Waals surface area contributed by atoms with E-state index < -0.39 is 0 Å². The molecule has 0 aromatic heterocycles. The smallest absolute Gasteiger partial charge is 0.0105 e. The summed E-state index contributed by atoms with van der Waals surface area (Å²) in [5.41, 5.74) is 6.88. The van der Waals surface area contributed by atoms with Gasteiger partial charge in [-0.25, -0.2) is 0 Å². The lowest BCUT2D eigenvalue weighted by Gasteiger charge is -2.13. The van der Waals surface area contributed by atoms with E-state index in [1.807, 2.05) is 24.3 Å². The standard InChI is InChI=1S/C22H18/c1-3-18-13-15-20(16-14-18)22-12-8-7-11-21(22)17(2)19-9-5-4-6-10-19/h3-16H,1-2H2. The van der Waals surface area contributed by atoms with Gasteiger partial charge in [0.15, 0.2) is 0 Å². The average Bonchev–Trinajstić information content (AvgIpc) is 2.62. The highest BCUT2D eigenvalue weighted by molar-refractivity contribution is 5.87. The van der Waals surface area contributed by atoms with Crippen LogP contribution in [0.3, 0.4) is 0 Å². The molecule has 0 aliphatic carbocycles. The zero-order valence-electron chi connectivity index (χ0n) is 12.5. The van der Waals surface area contributed by atoms with Crippen molar-refractivity contribution >= 4 is 11.6 Å². The van der Waals surface area contributed by atoms with Gasteiger partial charge >= 0.3 is 0 Å². The van der Waals surface area contributed by atoms with E-state index in [0.717, 1.165) is 16.7 Å². The first-order valence-electron chi connectivity index (χ1n) is 7.36. The van der Waals surface area contributed by atoms with Crippen LogP contribution in [-0.2, 0) is 0 Å². The topological polar surface area (TPSA) is 0 Å². The molecule has 0 fully saturated rings. The Bertz CT molecular complexity index is 793. The van der Waals surface area contributed by atoms with Crippen LogP contribution in [-0.4, -0.2) is 0 Å². The van der Waals surface area contributed by atoms with Gasteiger partial charge in [-0.15, -0.1) is 0 Å². The van der Waals surface area contributed by atoms with Gasteiger partial charge in [0.1, 0.15) is 0 Å². The van der Waals surface area contributed by atoms with Crippen LogP contribution in [0, 0.1) is 0 Å². The van der Waals surface area contributed by atoms with Gasteiger partial charge in [0.25, 0.3) is 0 Å². The molecule has 0 radical (unpaired) electrons. The Morgan fingerprint density at radius 2 is 1.36 bits per heavy atom. The van der Waals surface area contributed by atoms with Crippen molar-refractivity contribution in [2.24, 2.45) is 0 Å².